The van der Waals surface area contributed by atoms with Crippen molar-refractivity contribution in [3.05, 3.63) is 63.4 Å². The summed E-state index contributed by atoms with van der Waals surface area (Å²) in [7, 11) is 0. The lowest BCUT2D eigenvalue weighted by atomic mass is 10.1. The first-order valence-electron chi connectivity index (χ1n) is 6.65. The van der Waals surface area contributed by atoms with Gasteiger partial charge in [-0.3, -0.25) is 19.9 Å². The van der Waals surface area contributed by atoms with Crippen molar-refractivity contribution in [1.82, 2.24) is 5.32 Å². The molecular weight excluding hydrogens is 286 g/mol. The third-order valence-electron chi connectivity index (χ3n) is 2.85. The fourth-order valence-electron chi connectivity index (χ4n) is 1.71. The summed E-state index contributed by atoms with van der Waals surface area (Å²) in [4.78, 5) is 25.7. The number of nitro groups is 1. The number of hydrogen-bond acceptors (Lipinski definition) is 5. The first-order valence-corrected chi connectivity index (χ1v) is 6.65. The number of carbonyl (C=O) groups is 1. The molecule has 0 bridgehead atoms. The molecule has 7 heteroatoms. The van der Waals surface area contributed by atoms with Crippen molar-refractivity contribution in [2.45, 2.75) is 6.92 Å². The molecule has 0 atom stereocenters. The summed E-state index contributed by atoms with van der Waals surface area (Å²) in [5.74, 6) is -0.186. The maximum Gasteiger partial charge on any atom is 0.433 e. The number of nitrogens with zero attached hydrogens (tertiary/aromatic N) is 2. The fraction of sp³-hybridized carbons (Fsp3) is 0.200. The zero-order chi connectivity index (χ0) is 15.9. The van der Waals surface area contributed by atoms with Gasteiger partial charge in [0.25, 0.3) is 5.91 Å². The van der Waals surface area contributed by atoms with Crippen molar-refractivity contribution >= 4 is 18.0 Å². The Kier molecular flexibility index (Phi) is 5.02. The number of aliphatic imine (C=N–C) groups is 1. The van der Waals surface area contributed by atoms with E-state index < -0.39 is 4.92 Å². The number of nitrogens with one attached hydrogen (secondary N) is 1. The molecule has 114 valence electrons. The van der Waals surface area contributed by atoms with Gasteiger partial charge in [0.2, 0.25) is 0 Å². The lowest BCUT2D eigenvalue weighted by Crippen LogP contribution is -2.25. The lowest BCUT2D eigenvalue weighted by molar-refractivity contribution is -0.402. The number of amides is 1. The predicted octanol–water partition coefficient (Wildman–Crippen LogP) is 2.35. The largest absolute Gasteiger partial charge is 0.433 e. The van der Waals surface area contributed by atoms with Gasteiger partial charge in [0.05, 0.1) is 18.8 Å². The summed E-state index contributed by atoms with van der Waals surface area (Å²) >= 11 is 0. The van der Waals surface area contributed by atoms with Crippen molar-refractivity contribution in [1.29, 1.82) is 0 Å². The monoisotopic (exact) mass is 301 g/mol. The molecule has 0 aliphatic rings. The van der Waals surface area contributed by atoms with Gasteiger partial charge in [0, 0.05) is 12.1 Å². The van der Waals surface area contributed by atoms with Gasteiger partial charge in [-0.2, -0.15) is 0 Å². The van der Waals surface area contributed by atoms with Crippen LogP contribution in [0.5, 0.6) is 0 Å². The average molecular weight is 301 g/mol. The van der Waals surface area contributed by atoms with Crippen LogP contribution in [0.1, 0.15) is 21.7 Å². The number of hydrogen-bond donors (Lipinski definition) is 1. The number of rotatable bonds is 6. The molecule has 1 amide bonds. The molecule has 0 saturated heterocycles. The highest BCUT2D eigenvalue weighted by molar-refractivity contribution is 5.94. The first-order chi connectivity index (χ1) is 10.6. The minimum absolute atomic E-state index is 0.163. The molecule has 0 fully saturated rings. The molecule has 2 aromatic rings. The summed E-state index contributed by atoms with van der Waals surface area (Å²) in [6, 6.07) is 9.99. The van der Waals surface area contributed by atoms with Crippen LogP contribution in [-0.4, -0.2) is 30.1 Å². The van der Waals surface area contributed by atoms with Gasteiger partial charge in [-0.05, 0) is 25.1 Å². The minimum atomic E-state index is -0.612. The number of aryl methyl sites for hydroxylation is 1. The van der Waals surface area contributed by atoms with Gasteiger partial charge >= 0.3 is 5.88 Å². The molecule has 1 aromatic carbocycles. The molecule has 7 nitrogen and oxygen atoms in total. The van der Waals surface area contributed by atoms with Gasteiger partial charge < -0.3 is 9.73 Å². The second-order valence-electron chi connectivity index (χ2n) is 4.59. The van der Waals surface area contributed by atoms with Crippen LogP contribution in [0.3, 0.4) is 0 Å². The van der Waals surface area contributed by atoms with Gasteiger partial charge in [0.15, 0.2) is 5.76 Å². The van der Waals surface area contributed by atoms with Crippen molar-refractivity contribution in [3.8, 4) is 0 Å². The summed E-state index contributed by atoms with van der Waals surface area (Å²) < 4.78 is 4.92. The van der Waals surface area contributed by atoms with Crippen LogP contribution in [0.15, 0.2) is 45.8 Å². The van der Waals surface area contributed by atoms with E-state index in [9.17, 15) is 14.9 Å². The van der Waals surface area contributed by atoms with E-state index in [1.54, 1.807) is 12.1 Å². The molecular formula is C15H15N3O4. The highest BCUT2D eigenvalue weighted by atomic mass is 16.6. The Morgan fingerprint density at radius 1 is 1.32 bits per heavy atom. The van der Waals surface area contributed by atoms with E-state index in [1.807, 2.05) is 19.1 Å². The first kappa shape index (κ1) is 15.4. The van der Waals surface area contributed by atoms with E-state index in [-0.39, 0.29) is 11.8 Å². The zero-order valence-electron chi connectivity index (χ0n) is 12.0. The van der Waals surface area contributed by atoms with Crippen LogP contribution in [0.25, 0.3) is 0 Å². The van der Waals surface area contributed by atoms with Crippen LogP contribution < -0.4 is 5.32 Å². The van der Waals surface area contributed by atoms with E-state index in [2.05, 4.69) is 10.3 Å². The van der Waals surface area contributed by atoms with Crippen molar-refractivity contribution in [2.24, 2.45) is 4.99 Å². The second kappa shape index (κ2) is 7.16. The van der Waals surface area contributed by atoms with Crippen molar-refractivity contribution in [3.63, 3.8) is 0 Å². The summed E-state index contributed by atoms with van der Waals surface area (Å²) in [6.45, 7) is 2.67. The SMILES string of the molecule is Cc1ccc(C(=O)NCCN=Cc2ccc([N+](=O)[O-])o2)cc1. The molecule has 22 heavy (non-hydrogen) atoms. The average Bonchev–Trinajstić information content (AvgIpc) is 2.96. The highest BCUT2D eigenvalue weighted by Crippen LogP contribution is 2.13. The molecule has 0 unspecified atom stereocenters. The molecule has 0 saturated carbocycles. The Hall–Kier alpha value is -2.96. The maximum atomic E-state index is 11.8. The van der Waals surface area contributed by atoms with E-state index in [0.29, 0.717) is 24.4 Å². The maximum absolute atomic E-state index is 11.8. The van der Waals surface area contributed by atoms with Crippen LogP contribution in [0, 0.1) is 17.0 Å². The third kappa shape index (κ3) is 4.27. The molecule has 0 aliphatic heterocycles. The standard InChI is InChI=1S/C15H15N3O4/c1-11-2-4-12(5-3-11)15(19)17-9-8-16-10-13-6-7-14(22-13)18(20)21/h2-7,10H,8-9H2,1H3,(H,17,19). The predicted molar refractivity (Wildman–Crippen MR) is 81.3 cm³/mol. The van der Waals surface area contributed by atoms with Gasteiger partial charge in [-0.1, -0.05) is 17.7 Å². The van der Waals surface area contributed by atoms with Crippen LogP contribution in [0.4, 0.5) is 5.88 Å². The number of carbonyl (C=O) groups excluding carboxylic acids is 1. The molecule has 0 aliphatic carbocycles. The van der Waals surface area contributed by atoms with Gasteiger partial charge in [-0.15, -0.1) is 0 Å². The molecule has 1 aromatic heterocycles. The highest BCUT2D eigenvalue weighted by Gasteiger charge is 2.10. The summed E-state index contributed by atoms with van der Waals surface area (Å²) in [5.41, 5.74) is 1.69. The summed E-state index contributed by atoms with van der Waals surface area (Å²) in [5, 5.41) is 13.2. The van der Waals surface area contributed by atoms with Crippen LogP contribution in [0.2, 0.25) is 0 Å². The Bertz CT molecular complexity index is 689. The third-order valence-corrected chi connectivity index (χ3v) is 2.85. The van der Waals surface area contributed by atoms with Crippen molar-refractivity contribution in [2.75, 3.05) is 13.1 Å². The zero-order valence-corrected chi connectivity index (χ0v) is 12.0. The van der Waals surface area contributed by atoms with E-state index in [4.69, 9.17) is 4.42 Å². The van der Waals surface area contributed by atoms with Crippen LogP contribution >= 0.6 is 0 Å². The van der Waals surface area contributed by atoms with Gasteiger partial charge in [0.1, 0.15) is 4.92 Å². The lowest BCUT2D eigenvalue weighted by Gasteiger charge is -2.03. The van der Waals surface area contributed by atoms with Crippen molar-refractivity contribution < 1.29 is 14.1 Å². The van der Waals surface area contributed by atoms with Crippen LogP contribution in [-0.2, 0) is 0 Å². The Labute approximate surface area is 126 Å². The van der Waals surface area contributed by atoms with E-state index >= 15 is 0 Å². The fourth-order valence-corrected chi connectivity index (χ4v) is 1.71. The topological polar surface area (TPSA) is 97.7 Å². The Morgan fingerprint density at radius 2 is 2.05 bits per heavy atom. The smallest absolute Gasteiger partial charge is 0.400 e. The molecule has 1 N–H and O–H groups in total. The van der Waals surface area contributed by atoms with Gasteiger partial charge in [-0.25, -0.2) is 0 Å². The molecule has 0 radical (unpaired) electrons. The summed E-state index contributed by atoms with van der Waals surface area (Å²) in [6.07, 6.45) is 1.39. The minimum Gasteiger partial charge on any atom is -0.400 e. The normalized spacial score (nSPS) is 10.8. The Morgan fingerprint density at radius 3 is 2.68 bits per heavy atom. The molecule has 0 spiro atoms. The van der Waals surface area contributed by atoms with E-state index in [0.717, 1.165) is 5.56 Å². The number of benzene rings is 1. The Balaban J connectivity index is 1.76. The number of furan rings is 1. The van der Waals surface area contributed by atoms with E-state index in [1.165, 1.54) is 18.3 Å². The second-order valence-corrected chi connectivity index (χ2v) is 4.59. The quantitative estimate of drug-likeness (QED) is 0.383. The molecule has 1 heterocycles. The molecule has 2 rings (SSSR count).